The van der Waals surface area contributed by atoms with E-state index in [0.717, 1.165) is 23.3 Å². The summed E-state index contributed by atoms with van der Waals surface area (Å²) in [7, 11) is 0. The van der Waals surface area contributed by atoms with Gasteiger partial charge in [-0.05, 0) is 43.9 Å². The topological polar surface area (TPSA) is 29.5 Å². The van der Waals surface area contributed by atoms with Crippen molar-refractivity contribution in [3.8, 4) is 11.5 Å². The van der Waals surface area contributed by atoms with E-state index in [1.165, 1.54) is 0 Å². The van der Waals surface area contributed by atoms with Crippen molar-refractivity contribution in [2.45, 2.75) is 39.2 Å². The zero-order valence-electron chi connectivity index (χ0n) is 8.87. The van der Waals surface area contributed by atoms with Crippen LogP contribution in [0.2, 0.25) is 0 Å². The fourth-order valence-corrected chi connectivity index (χ4v) is 2.18. The van der Waals surface area contributed by atoms with Crippen LogP contribution in [-0.4, -0.2) is 11.2 Å². The highest BCUT2D eigenvalue weighted by Crippen LogP contribution is 2.40. The Kier molecular flexibility index (Phi) is 2.14. The highest BCUT2D eigenvalue weighted by Gasteiger charge is 2.24. The lowest BCUT2D eigenvalue weighted by molar-refractivity contribution is 0.177. The van der Waals surface area contributed by atoms with Gasteiger partial charge in [0.25, 0.3) is 0 Å². The first-order chi connectivity index (χ1) is 6.58. The number of hydrogen-bond acceptors (Lipinski definition) is 2. The monoisotopic (exact) mass is 192 g/mol. The second-order valence-electron chi connectivity index (χ2n) is 4.25. The van der Waals surface area contributed by atoms with Gasteiger partial charge in [-0.15, -0.1) is 0 Å². The maximum Gasteiger partial charge on any atom is 0.126 e. The van der Waals surface area contributed by atoms with Crippen LogP contribution < -0.4 is 4.74 Å². The van der Waals surface area contributed by atoms with Crippen molar-refractivity contribution in [2.24, 2.45) is 0 Å². The van der Waals surface area contributed by atoms with Crippen molar-refractivity contribution in [3.05, 3.63) is 23.3 Å². The molecule has 14 heavy (non-hydrogen) atoms. The molecule has 2 unspecified atom stereocenters. The van der Waals surface area contributed by atoms with E-state index in [1.54, 1.807) is 6.07 Å². The molecule has 2 heteroatoms. The predicted octanol–water partition coefficient (Wildman–Crippen LogP) is 2.98. The molecule has 1 heterocycles. The van der Waals surface area contributed by atoms with Crippen LogP contribution in [0.1, 0.15) is 37.3 Å². The second-order valence-corrected chi connectivity index (χ2v) is 4.25. The Morgan fingerprint density at radius 3 is 2.79 bits per heavy atom. The minimum absolute atomic E-state index is 0.278. The standard InChI is InChI=1S/C12H16O2/c1-7-4-9(3)14-12-8(2)5-10(13)6-11(7)12/h5-7,9,13H,4H2,1-3H3. The molecule has 1 aromatic rings. The van der Waals surface area contributed by atoms with Gasteiger partial charge >= 0.3 is 0 Å². The molecule has 0 saturated heterocycles. The number of ether oxygens (including phenoxy) is 1. The lowest BCUT2D eigenvalue weighted by Gasteiger charge is -2.29. The molecule has 0 fully saturated rings. The van der Waals surface area contributed by atoms with E-state index >= 15 is 0 Å². The number of benzene rings is 1. The zero-order chi connectivity index (χ0) is 10.3. The summed E-state index contributed by atoms with van der Waals surface area (Å²) < 4.78 is 5.78. The quantitative estimate of drug-likeness (QED) is 0.684. The molecule has 1 aliphatic heterocycles. The molecule has 0 radical (unpaired) electrons. The van der Waals surface area contributed by atoms with E-state index in [-0.39, 0.29) is 6.10 Å². The van der Waals surface area contributed by atoms with Gasteiger partial charge in [0.2, 0.25) is 0 Å². The van der Waals surface area contributed by atoms with Crippen LogP contribution in [0.25, 0.3) is 0 Å². The molecule has 0 spiro atoms. The summed E-state index contributed by atoms with van der Waals surface area (Å²) in [5, 5.41) is 9.50. The third-order valence-corrected chi connectivity index (χ3v) is 2.82. The Balaban J connectivity index is 2.53. The van der Waals surface area contributed by atoms with Crippen molar-refractivity contribution >= 4 is 0 Å². The van der Waals surface area contributed by atoms with E-state index in [0.29, 0.717) is 11.7 Å². The van der Waals surface area contributed by atoms with E-state index < -0.39 is 0 Å². The van der Waals surface area contributed by atoms with Gasteiger partial charge in [-0.1, -0.05) is 6.92 Å². The van der Waals surface area contributed by atoms with Gasteiger partial charge in [0.05, 0.1) is 6.10 Å². The van der Waals surface area contributed by atoms with Crippen LogP contribution >= 0.6 is 0 Å². The van der Waals surface area contributed by atoms with Gasteiger partial charge in [-0.25, -0.2) is 0 Å². The van der Waals surface area contributed by atoms with Crippen molar-refractivity contribution in [1.29, 1.82) is 0 Å². The summed E-state index contributed by atoms with van der Waals surface area (Å²) in [5.74, 6) is 1.78. The lowest BCUT2D eigenvalue weighted by atomic mass is 9.90. The molecule has 1 N–H and O–H groups in total. The number of phenols is 1. The van der Waals surface area contributed by atoms with E-state index in [1.807, 2.05) is 13.0 Å². The maximum absolute atomic E-state index is 9.50. The van der Waals surface area contributed by atoms with Crippen LogP contribution in [0.3, 0.4) is 0 Å². The van der Waals surface area contributed by atoms with Gasteiger partial charge in [0.1, 0.15) is 11.5 Å². The van der Waals surface area contributed by atoms with Crippen LogP contribution in [0.4, 0.5) is 0 Å². The summed E-state index contributed by atoms with van der Waals surface area (Å²) in [6.45, 7) is 6.24. The average Bonchev–Trinajstić information content (AvgIpc) is 2.07. The summed E-state index contributed by atoms with van der Waals surface area (Å²) >= 11 is 0. The highest BCUT2D eigenvalue weighted by atomic mass is 16.5. The molecule has 2 rings (SSSR count). The van der Waals surface area contributed by atoms with Gasteiger partial charge in [0.15, 0.2) is 0 Å². The van der Waals surface area contributed by atoms with E-state index in [4.69, 9.17) is 4.74 Å². The van der Waals surface area contributed by atoms with Crippen LogP contribution in [0, 0.1) is 6.92 Å². The Morgan fingerprint density at radius 2 is 2.07 bits per heavy atom. The first-order valence-electron chi connectivity index (χ1n) is 5.08. The molecule has 0 saturated carbocycles. The zero-order valence-corrected chi connectivity index (χ0v) is 8.87. The fourth-order valence-electron chi connectivity index (χ4n) is 2.18. The SMILES string of the molecule is Cc1cc(O)cc2c1OC(C)CC2C. The fraction of sp³-hybridized carbons (Fsp3) is 0.500. The Morgan fingerprint density at radius 1 is 1.36 bits per heavy atom. The molecule has 0 aliphatic carbocycles. The molecule has 2 atom stereocenters. The lowest BCUT2D eigenvalue weighted by Crippen LogP contribution is -2.21. The molecule has 76 valence electrons. The number of fused-ring (bicyclic) bond motifs is 1. The number of rotatable bonds is 0. The van der Waals surface area contributed by atoms with Crippen LogP contribution in [0.15, 0.2) is 12.1 Å². The Bertz CT molecular complexity index is 358. The first-order valence-corrected chi connectivity index (χ1v) is 5.08. The molecule has 0 aromatic heterocycles. The van der Waals surface area contributed by atoms with Crippen molar-refractivity contribution in [2.75, 3.05) is 0 Å². The van der Waals surface area contributed by atoms with E-state index in [2.05, 4.69) is 13.8 Å². The molecule has 0 bridgehead atoms. The van der Waals surface area contributed by atoms with Gasteiger partial charge in [-0.3, -0.25) is 0 Å². The van der Waals surface area contributed by atoms with Crippen molar-refractivity contribution < 1.29 is 9.84 Å². The van der Waals surface area contributed by atoms with Crippen molar-refractivity contribution in [3.63, 3.8) is 0 Å². The van der Waals surface area contributed by atoms with Crippen LogP contribution in [-0.2, 0) is 0 Å². The van der Waals surface area contributed by atoms with Crippen molar-refractivity contribution in [1.82, 2.24) is 0 Å². The summed E-state index contributed by atoms with van der Waals surface area (Å²) in [4.78, 5) is 0. The predicted molar refractivity (Wildman–Crippen MR) is 56.0 cm³/mol. The van der Waals surface area contributed by atoms with Gasteiger partial charge in [0, 0.05) is 5.56 Å². The van der Waals surface area contributed by atoms with Gasteiger partial charge < -0.3 is 9.84 Å². The molecular weight excluding hydrogens is 176 g/mol. The summed E-state index contributed by atoms with van der Waals surface area (Å²) in [5.41, 5.74) is 2.17. The van der Waals surface area contributed by atoms with E-state index in [9.17, 15) is 5.11 Å². The summed E-state index contributed by atoms with van der Waals surface area (Å²) in [6.07, 6.45) is 1.30. The minimum atomic E-state index is 0.278. The summed E-state index contributed by atoms with van der Waals surface area (Å²) in [6, 6.07) is 3.57. The van der Waals surface area contributed by atoms with Gasteiger partial charge in [-0.2, -0.15) is 0 Å². The molecular formula is C12H16O2. The average molecular weight is 192 g/mol. The smallest absolute Gasteiger partial charge is 0.126 e. The highest BCUT2D eigenvalue weighted by molar-refractivity contribution is 5.48. The maximum atomic E-state index is 9.50. The van der Waals surface area contributed by atoms with Crippen LogP contribution in [0.5, 0.6) is 11.5 Å². The Labute approximate surface area is 84.5 Å². The normalized spacial score (nSPS) is 25.4. The second kappa shape index (κ2) is 3.19. The first kappa shape index (κ1) is 9.38. The molecule has 1 aromatic carbocycles. The molecule has 0 amide bonds. The number of hydrogen-bond donors (Lipinski definition) is 1. The third kappa shape index (κ3) is 1.45. The Hall–Kier alpha value is -1.18. The number of phenolic OH excluding ortho intramolecular Hbond substituents is 1. The third-order valence-electron chi connectivity index (χ3n) is 2.82. The molecule has 1 aliphatic rings. The molecule has 2 nitrogen and oxygen atoms in total. The largest absolute Gasteiger partial charge is 0.508 e. The number of aryl methyl sites for hydroxylation is 1. The number of aromatic hydroxyl groups is 1. The minimum Gasteiger partial charge on any atom is -0.508 e.